The third-order valence-corrected chi connectivity index (χ3v) is 4.13. The minimum absolute atomic E-state index is 0.110. The Bertz CT molecular complexity index is 695. The fraction of sp³-hybridized carbons (Fsp3) is 0.400. The van der Waals surface area contributed by atoms with Gasteiger partial charge in [0.1, 0.15) is 6.54 Å². The molecule has 1 amide bonds. The van der Waals surface area contributed by atoms with E-state index in [4.69, 9.17) is 12.2 Å². The SMILES string of the molecule is Cc1ccc(-c2n[nH]c(=S)n2CC(=O)N2CCCC2)cc1. The highest BCUT2D eigenvalue weighted by Crippen LogP contribution is 2.18. The fourth-order valence-corrected chi connectivity index (χ4v) is 2.79. The molecule has 1 aliphatic heterocycles. The van der Waals surface area contributed by atoms with Gasteiger partial charge in [-0.25, -0.2) is 0 Å². The highest BCUT2D eigenvalue weighted by molar-refractivity contribution is 7.71. The van der Waals surface area contributed by atoms with Gasteiger partial charge in [0.05, 0.1) is 0 Å². The van der Waals surface area contributed by atoms with Gasteiger partial charge < -0.3 is 4.90 Å². The normalized spacial score (nSPS) is 14.6. The van der Waals surface area contributed by atoms with Crippen molar-refractivity contribution in [2.45, 2.75) is 26.3 Å². The van der Waals surface area contributed by atoms with E-state index in [2.05, 4.69) is 10.2 Å². The summed E-state index contributed by atoms with van der Waals surface area (Å²) in [6, 6.07) is 8.05. The first kappa shape index (κ1) is 14.0. The molecule has 0 saturated carbocycles. The molecule has 2 heterocycles. The highest BCUT2D eigenvalue weighted by atomic mass is 32.1. The van der Waals surface area contributed by atoms with Gasteiger partial charge in [0, 0.05) is 18.7 Å². The molecule has 0 atom stereocenters. The van der Waals surface area contributed by atoms with Crippen molar-refractivity contribution in [2.75, 3.05) is 13.1 Å². The molecule has 1 aliphatic rings. The number of aromatic nitrogens is 3. The highest BCUT2D eigenvalue weighted by Gasteiger charge is 2.20. The van der Waals surface area contributed by atoms with Gasteiger partial charge in [0.15, 0.2) is 10.6 Å². The molecule has 2 aromatic rings. The van der Waals surface area contributed by atoms with Gasteiger partial charge in [-0.15, -0.1) is 0 Å². The van der Waals surface area contributed by atoms with Crippen LogP contribution in [0.15, 0.2) is 24.3 Å². The van der Waals surface area contributed by atoms with E-state index in [9.17, 15) is 4.79 Å². The van der Waals surface area contributed by atoms with Crippen LogP contribution in [0.4, 0.5) is 0 Å². The van der Waals surface area contributed by atoms with Crippen LogP contribution in [0.3, 0.4) is 0 Å². The summed E-state index contributed by atoms with van der Waals surface area (Å²) in [5.41, 5.74) is 2.15. The van der Waals surface area contributed by atoms with E-state index in [0.717, 1.165) is 31.5 Å². The van der Waals surface area contributed by atoms with E-state index >= 15 is 0 Å². The number of nitrogens with one attached hydrogen (secondary N) is 1. The Kier molecular flexibility index (Phi) is 3.88. The monoisotopic (exact) mass is 302 g/mol. The fourth-order valence-electron chi connectivity index (χ4n) is 2.59. The van der Waals surface area contributed by atoms with Gasteiger partial charge in [-0.05, 0) is 32.0 Å². The average Bonchev–Trinajstić information content (AvgIpc) is 3.11. The topological polar surface area (TPSA) is 53.9 Å². The van der Waals surface area contributed by atoms with Crippen molar-refractivity contribution in [3.05, 3.63) is 34.6 Å². The number of aryl methyl sites for hydroxylation is 1. The third-order valence-electron chi connectivity index (χ3n) is 3.82. The zero-order valence-corrected chi connectivity index (χ0v) is 12.8. The molecule has 0 unspecified atom stereocenters. The number of benzene rings is 1. The molecular weight excluding hydrogens is 284 g/mol. The first-order chi connectivity index (χ1) is 10.1. The zero-order chi connectivity index (χ0) is 14.8. The molecule has 1 saturated heterocycles. The minimum Gasteiger partial charge on any atom is -0.341 e. The number of amides is 1. The van der Waals surface area contributed by atoms with E-state index in [0.29, 0.717) is 10.6 Å². The summed E-state index contributed by atoms with van der Waals surface area (Å²) in [5, 5.41) is 7.06. The molecule has 0 radical (unpaired) electrons. The minimum atomic E-state index is 0.110. The maximum Gasteiger partial charge on any atom is 0.242 e. The van der Waals surface area contributed by atoms with Crippen LogP contribution in [0.25, 0.3) is 11.4 Å². The Morgan fingerprint density at radius 2 is 1.95 bits per heavy atom. The van der Waals surface area contributed by atoms with Gasteiger partial charge in [-0.2, -0.15) is 5.10 Å². The number of likely N-dealkylation sites (tertiary alicyclic amines) is 1. The van der Waals surface area contributed by atoms with Crippen molar-refractivity contribution in [1.82, 2.24) is 19.7 Å². The largest absolute Gasteiger partial charge is 0.341 e. The lowest BCUT2D eigenvalue weighted by atomic mass is 10.1. The second kappa shape index (κ2) is 5.81. The molecule has 1 N–H and O–H groups in total. The second-order valence-electron chi connectivity index (χ2n) is 5.39. The van der Waals surface area contributed by atoms with Gasteiger partial charge in [-0.1, -0.05) is 29.8 Å². The first-order valence-electron chi connectivity index (χ1n) is 7.15. The number of hydrogen-bond acceptors (Lipinski definition) is 3. The predicted molar refractivity (Wildman–Crippen MR) is 83.4 cm³/mol. The zero-order valence-electron chi connectivity index (χ0n) is 12.0. The predicted octanol–water partition coefficient (Wildman–Crippen LogP) is 2.54. The molecule has 1 aromatic heterocycles. The summed E-state index contributed by atoms with van der Waals surface area (Å²) in [6.07, 6.45) is 2.18. The molecule has 110 valence electrons. The summed E-state index contributed by atoms with van der Waals surface area (Å²) in [5.74, 6) is 0.825. The van der Waals surface area contributed by atoms with Crippen LogP contribution in [0.5, 0.6) is 0 Å². The van der Waals surface area contributed by atoms with Crippen LogP contribution < -0.4 is 0 Å². The molecular formula is C15H18N4OS. The van der Waals surface area contributed by atoms with Crippen LogP contribution in [-0.2, 0) is 11.3 Å². The number of aromatic amines is 1. The summed E-state index contributed by atoms with van der Waals surface area (Å²) in [6.45, 7) is 3.99. The third kappa shape index (κ3) is 2.90. The van der Waals surface area contributed by atoms with Crippen LogP contribution in [0.1, 0.15) is 18.4 Å². The van der Waals surface area contributed by atoms with E-state index in [1.54, 1.807) is 4.57 Å². The standard InChI is InChI=1S/C15H18N4OS/c1-11-4-6-12(7-5-11)14-16-17-15(21)19(14)10-13(20)18-8-2-3-9-18/h4-7H,2-3,8-10H2,1H3,(H,17,21). The molecule has 6 heteroatoms. The maximum atomic E-state index is 12.3. The Morgan fingerprint density at radius 3 is 2.62 bits per heavy atom. The van der Waals surface area contributed by atoms with Crippen molar-refractivity contribution < 1.29 is 4.79 Å². The number of carbonyl (C=O) groups is 1. The molecule has 1 fully saturated rings. The lowest BCUT2D eigenvalue weighted by molar-refractivity contribution is -0.130. The maximum absolute atomic E-state index is 12.3. The molecule has 5 nitrogen and oxygen atoms in total. The van der Waals surface area contributed by atoms with Crippen molar-refractivity contribution in [2.24, 2.45) is 0 Å². The lowest BCUT2D eigenvalue weighted by Gasteiger charge is -2.16. The van der Waals surface area contributed by atoms with Gasteiger partial charge in [0.25, 0.3) is 0 Å². The summed E-state index contributed by atoms with van der Waals surface area (Å²) in [7, 11) is 0. The molecule has 21 heavy (non-hydrogen) atoms. The number of H-pyrrole nitrogens is 1. The van der Waals surface area contributed by atoms with Crippen LogP contribution in [0, 0.1) is 11.7 Å². The number of carbonyl (C=O) groups excluding carboxylic acids is 1. The van der Waals surface area contributed by atoms with Gasteiger partial charge in [-0.3, -0.25) is 14.5 Å². The quantitative estimate of drug-likeness (QED) is 0.887. The Labute approximate surface area is 128 Å². The Morgan fingerprint density at radius 1 is 1.29 bits per heavy atom. The van der Waals surface area contributed by atoms with Crippen LogP contribution in [0.2, 0.25) is 0 Å². The van der Waals surface area contributed by atoms with E-state index in [1.165, 1.54) is 5.56 Å². The Hall–Kier alpha value is -1.95. The molecule has 3 rings (SSSR count). The molecule has 0 spiro atoms. The summed E-state index contributed by atoms with van der Waals surface area (Å²) in [4.78, 5) is 14.2. The van der Waals surface area contributed by atoms with Crippen molar-refractivity contribution >= 4 is 18.1 Å². The van der Waals surface area contributed by atoms with E-state index in [-0.39, 0.29) is 12.5 Å². The number of hydrogen-bond donors (Lipinski definition) is 1. The average molecular weight is 302 g/mol. The van der Waals surface area contributed by atoms with Crippen molar-refractivity contribution in [3.63, 3.8) is 0 Å². The Balaban J connectivity index is 1.88. The van der Waals surface area contributed by atoms with Crippen molar-refractivity contribution in [3.8, 4) is 11.4 Å². The number of nitrogens with zero attached hydrogens (tertiary/aromatic N) is 3. The smallest absolute Gasteiger partial charge is 0.242 e. The summed E-state index contributed by atoms with van der Waals surface area (Å²) < 4.78 is 2.26. The molecule has 1 aromatic carbocycles. The summed E-state index contributed by atoms with van der Waals surface area (Å²) >= 11 is 5.27. The van der Waals surface area contributed by atoms with E-state index < -0.39 is 0 Å². The first-order valence-corrected chi connectivity index (χ1v) is 7.56. The molecule has 0 aliphatic carbocycles. The van der Waals surface area contributed by atoms with Gasteiger partial charge >= 0.3 is 0 Å². The van der Waals surface area contributed by atoms with Gasteiger partial charge in [0.2, 0.25) is 5.91 Å². The lowest BCUT2D eigenvalue weighted by Crippen LogP contribution is -2.31. The van der Waals surface area contributed by atoms with Crippen LogP contribution in [-0.4, -0.2) is 38.7 Å². The van der Waals surface area contributed by atoms with E-state index in [1.807, 2.05) is 36.1 Å². The second-order valence-corrected chi connectivity index (χ2v) is 5.78. The number of rotatable bonds is 3. The van der Waals surface area contributed by atoms with Crippen LogP contribution >= 0.6 is 12.2 Å². The molecule has 0 bridgehead atoms. The van der Waals surface area contributed by atoms with Crippen molar-refractivity contribution in [1.29, 1.82) is 0 Å².